The van der Waals surface area contributed by atoms with Gasteiger partial charge < -0.3 is 15.0 Å². The number of carbonyl (C=O) groups excluding carboxylic acids is 1. The Bertz CT molecular complexity index is 973. The molecular formula is C21H22ClN3O2S. The van der Waals surface area contributed by atoms with E-state index in [9.17, 15) is 4.79 Å². The summed E-state index contributed by atoms with van der Waals surface area (Å²) in [6, 6.07) is 11.3. The topological polar surface area (TPSA) is 54.5 Å². The first-order valence-electron chi connectivity index (χ1n) is 9.34. The van der Waals surface area contributed by atoms with Crippen LogP contribution < -0.4 is 10.1 Å². The van der Waals surface area contributed by atoms with Gasteiger partial charge in [-0.2, -0.15) is 0 Å². The lowest BCUT2D eigenvalue weighted by molar-refractivity contribution is 0.115. The van der Waals surface area contributed by atoms with Gasteiger partial charge in [0.15, 0.2) is 0 Å². The van der Waals surface area contributed by atoms with E-state index >= 15 is 0 Å². The Morgan fingerprint density at radius 3 is 2.68 bits per heavy atom. The van der Waals surface area contributed by atoms with Gasteiger partial charge in [0, 0.05) is 36.6 Å². The third-order valence-electron chi connectivity index (χ3n) is 5.00. The second-order valence-corrected chi connectivity index (χ2v) is 8.50. The van der Waals surface area contributed by atoms with E-state index in [0.717, 1.165) is 18.4 Å². The molecule has 7 heteroatoms. The fourth-order valence-corrected chi connectivity index (χ4v) is 4.60. The molecule has 1 N–H and O–H groups in total. The van der Waals surface area contributed by atoms with Gasteiger partial charge in [-0.1, -0.05) is 41.1 Å². The molecule has 5 nitrogen and oxygen atoms in total. The van der Waals surface area contributed by atoms with Gasteiger partial charge in [-0.3, -0.25) is 0 Å². The van der Waals surface area contributed by atoms with Crippen LogP contribution in [0.5, 0.6) is 5.19 Å². The fourth-order valence-electron chi connectivity index (χ4n) is 3.38. The van der Waals surface area contributed by atoms with E-state index in [1.165, 1.54) is 15.8 Å². The summed E-state index contributed by atoms with van der Waals surface area (Å²) in [6.07, 6.45) is 1.66. The molecule has 0 atom stereocenters. The maximum Gasteiger partial charge on any atom is 0.321 e. The van der Waals surface area contributed by atoms with Crippen LogP contribution in [0.1, 0.15) is 24.0 Å². The van der Waals surface area contributed by atoms with Crippen molar-refractivity contribution in [1.82, 2.24) is 9.88 Å². The molecule has 2 amide bonds. The van der Waals surface area contributed by atoms with E-state index in [1.54, 1.807) is 23.5 Å². The molecular weight excluding hydrogens is 394 g/mol. The van der Waals surface area contributed by atoms with Crippen LogP contribution in [0.4, 0.5) is 10.5 Å². The third kappa shape index (κ3) is 4.08. The molecule has 1 aliphatic rings. The molecule has 1 aromatic heterocycles. The molecule has 0 radical (unpaired) electrons. The number of piperidine rings is 1. The zero-order valence-corrected chi connectivity index (χ0v) is 17.4. The molecule has 0 unspecified atom stereocenters. The number of amides is 2. The quantitative estimate of drug-likeness (QED) is 0.602. The van der Waals surface area contributed by atoms with E-state index in [1.807, 2.05) is 17.0 Å². The van der Waals surface area contributed by atoms with Crippen LogP contribution in [0.2, 0.25) is 5.02 Å². The van der Waals surface area contributed by atoms with Gasteiger partial charge >= 0.3 is 6.03 Å². The van der Waals surface area contributed by atoms with E-state index in [0.29, 0.717) is 29.0 Å². The van der Waals surface area contributed by atoms with Crippen LogP contribution in [0.15, 0.2) is 36.4 Å². The molecule has 1 saturated heterocycles. The van der Waals surface area contributed by atoms with E-state index in [-0.39, 0.29) is 12.1 Å². The van der Waals surface area contributed by atoms with Gasteiger partial charge in [-0.15, -0.1) is 0 Å². The average Bonchev–Trinajstić information content (AvgIpc) is 3.10. The van der Waals surface area contributed by atoms with Crippen LogP contribution in [0.25, 0.3) is 10.2 Å². The number of urea groups is 1. The van der Waals surface area contributed by atoms with Gasteiger partial charge in [0.25, 0.3) is 5.19 Å². The summed E-state index contributed by atoms with van der Waals surface area (Å²) >= 11 is 7.58. The summed E-state index contributed by atoms with van der Waals surface area (Å²) in [4.78, 5) is 18.9. The van der Waals surface area contributed by atoms with Crippen LogP contribution >= 0.6 is 22.9 Å². The van der Waals surface area contributed by atoms with E-state index < -0.39 is 0 Å². The Hall–Kier alpha value is -2.31. The number of likely N-dealkylation sites (tertiary alicyclic amines) is 1. The van der Waals surface area contributed by atoms with Crippen LogP contribution in [-0.4, -0.2) is 35.1 Å². The molecule has 0 aliphatic carbocycles. The van der Waals surface area contributed by atoms with Gasteiger partial charge in [0.2, 0.25) is 0 Å². The number of rotatable bonds is 3. The van der Waals surface area contributed by atoms with Crippen LogP contribution in [0, 0.1) is 13.8 Å². The zero-order chi connectivity index (χ0) is 19.7. The summed E-state index contributed by atoms with van der Waals surface area (Å²) < 4.78 is 7.33. The number of halogens is 1. The highest BCUT2D eigenvalue weighted by Gasteiger charge is 2.25. The lowest BCUT2D eigenvalue weighted by atomic mass is 10.1. The van der Waals surface area contributed by atoms with Gasteiger partial charge in [0.1, 0.15) is 6.10 Å². The molecule has 2 heterocycles. The summed E-state index contributed by atoms with van der Waals surface area (Å²) in [5, 5.41) is 4.22. The van der Waals surface area contributed by atoms with Crippen LogP contribution in [0.3, 0.4) is 0 Å². The first-order valence-corrected chi connectivity index (χ1v) is 10.5. The summed E-state index contributed by atoms with van der Waals surface area (Å²) in [7, 11) is 0. The number of hydrogen-bond acceptors (Lipinski definition) is 4. The van der Waals surface area contributed by atoms with Crippen LogP contribution in [-0.2, 0) is 0 Å². The molecule has 3 aromatic rings. The summed E-state index contributed by atoms with van der Waals surface area (Å²) in [6.45, 7) is 5.48. The van der Waals surface area contributed by atoms with Gasteiger partial charge in [-0.05, 0) is 43.2 Å². The normalized spacial score (nSPS) is 15.0. The molecule has 28 heavy (non-hydrogen) atoms. The van der Waals surface area contributed by atoms with Gasteiger partial charge in [0.05, 0.1) is 10.2 Å². The minimum Gasteiger partial charge on any atom is -0.467 e. The second-order valence-electron chi connectivity index (χ2n) is 7.10. The highest BCUT2D eigenvalue weighted by atomic mass is 35.5. The van der Waals surface area contributed by atoms with E-state index in [4.69, 9.17) is 16.3 Å². The molecule has 1 fully saturated rings. The highest BCUT2D eigenvalue weighted by molar-refractivity contribution is 7.20. The molecule has 146 valence electrons. The zero-order valence-electron chi connectivity index (χ0n) is 15.9. The summed E-state index contributed by atoms with van der Waals surface area (Å²) in [5.74, 6) is 0. The summed E-state index contributed by atoms with van der Waals surface area (Å²) in [5.41, 5.74) is 4.12. The number of nitrogens with zero attached hydrogens (tertiary/aromatic N) is 2. The number of hydrogen-bond donors (Lipinski definition) is 1. The number of nitrogens with one attached hydrogen (secondary N) is 1. The van der Waals surface area contributed by atoms with Crippen molar-refractivity contribution in [2.24, 2.45) is 0 Å². The van der Waals surface area contributed by atoms with Crippen molar-refractivity contribution in [3.8, 4) is 5.19 Å². The average molecular weight is 416 g/mol. The highest BCUT2D eigenvalue weighted by Crippen LogP contribution is 2.33. The number of carbonyl (C=O) groups is 1. The van der Waals surface area contributed by atoms with Crippen molar-refractivity contribution in [3.05, 3.63) is 52.5 Å². The van der Waals surface area contributed by atoms with Crippen molar-refractivity contribution >= 4 is 44.9 Å². The van der Waals surface area contributed by atoms with Crippen molar-refractivity contribution in [1.29, 1.82) is 0 Å². The fraction of sp³-hybridized carbons (Fsp3) is 0.333. The lowest BCUT2D eigenvalue weighted by Crippen LogP contribution is -2.43. The first kappa shape index (κ1) is 19.0. The Balaban J connectivity index is 1.35. The Morgan fingerprint density at radius 2 is 1.96 bits per heavy atom. The van der Waals surface area contributed by atoms with Gasteiger partial charge in [-0.25, -0.2) is 9.78 Å². The van der Waals surface area contributed by atoms with Crippen molar-refractivity contribution in [2.45, 2.75) is 32.8 Å². The number of thiazole rings is 1. The largest absolute Gasteiger partial charge is 0.467 e. The van der Waals surface area contributed by atoms with Crippen molar-refractivity contribution < 1.29 is 9.53 Å². The number of ether oxygens (including phenoxy) is 1. The SMILES string of the molecule is Cc1ccc(C)c2sc(OC3CCN(C(=O)Nc4cccc(Cl)c4)CC3)nc12. The second kappa shape index (κ2) is 7.97. The first-order chi connectivity index (χ1) is 13.5. The maximum atomic E-state index is 12.5. The molecule has 0 spiro atoms. The van der Waals surface area contributed by atoms with Crippen molar-refractivity contribution in [3.63, 3.8) is 0 Å². The molecule has 0 bridgehead atoms. The lowest BCUT2D eigenvalue weighted by Gasteiger charge is -2.31. The number of fused-ring (bicyclic) bond motifs is 1. The Labute approximate surface area is 173 Å². The molecule has 4 rings (SSSR count). The number of anilines is 1. The minimum atomic E-state index is -0.105. The molecule has 2 aromatic carbocycles. The predicted octanol–water partition coefficient (Wildman–Crippen LogP) is 5.64. The Kier molecular flexibility index (Phi) is 5.42. The predicted molar refractivity (Wildman–Crippen MR) is 115 cm³/mol. The molecule has 1 aliphatic heterocycles. The third-order valence-corrected chi connectivity index (χ3v) is 6.31. The number of aromatic nitrogens is 1. The monoisotopic (exact) mass is 415 g/mol. The van der Waals surface area contributed by atoms with Crippen molar-refractivity contribution in [2.75, 3.05) is 18.4 Å². The van der Waals surface area contributed by atoms with E-state index in [2.05, 4.69) is 36.3 Å². The standard InChI is InChI=1S/C21H22ClN3O2S/c1-13-6-7-14(2)19-18(13)24-21(28-19)27-17-8-10-25(11-9-17)20(26)23-16-5-3-4-15(22)12-16/h3-7,12,17H,8-11H2,1-2H3,(H,23,26). The molecule has 0 saturated carbocycles. The smallest absolute Gasteiger partial charge is 0.321 e. The minimum absolute atomic E-state index is 0.0800. The maximum absolute atomic E-state index is 12.5. The number of benzene rings is 2. The Morgan fingerprint density at radius 1 is 1.21 bits per heavy atom. The number of aryl methyl sites for hydroxylation is 2.